The third-order valence-electron chi connectivity index (χ3n) is 2.69. The van der Waals surface area contributed by atoms with Crippen LogP contribution in [0.15, 0.2) is 29.4 Å². The van der Waals surface area contributed by atoms with Crippen molar-refractivity contribution in [3.63, 3.8) is 0 Å². The van der Waals surface area contributed by atoms with Crippen LogP contribution in [0.3, 0.4) is 0 Å². The number of thiazole rings is 1. The molecule has 0 spiro atoms. The van der Waals surface area contributed by atoms with Crippen LogP contribution in [0.1, 0.15) is 11.8 Å². The van der Waals surface area contributed by atoms with Gasteiger partial charge in [0.2, 0.25) is 5.91 Å². The van der Waals surface area contributed by atoms with Crippen molar-refractivity contribution in [2.75, 3.05) is 0 Å². The number of rotatable bonds is 1. The van der Waals surface area contributed by atoms with E-state index in [1.165, 1.54) is 30.4 Å². The summed E-state index contributed by atoms with van der Waals surface area (Å²) in [4.78, 5) is 16.5. The second-order valence-electron chi connectivity index (χ2n) is 4.42. The molecule has 0 bridgehead atoms. The highest BCUT2D eigenvalue weighted by Gasteiger charge is 2.43. The first-order chi connectivity index (χ1) is 9.84. The molecule has 8 heteroatoms. The number of hydrogen-bond donors (Lipinski definition) is 0. The number of aryl methyl sites for hydroxylation is 1. The summed E-state index contributed by atoms with van der Waals surface area (Å²) in [7, 11) is 0. The van der Waals surface area contributed by atoms with E-state index < -0.39 is 6.29 Å². The zero-order valence-electron chi connectivity index (χ0n) is 11.1. The van der Waals surface area contributed by atoms with Crippen LogP contribution >= 0.6 is 11.3 Å². The Kier molecular flexibility index (Phi) is 3.05. The monoisotopic (exact) mass is 312 g/mol. The number of alkyl halides is 2. The van der Waals surface area contributed by atoms with Crippen LogP contribution in [0.4, 0.5) is 8.78 Å². The predicted molar refractivity (Wildman–Crippen MR) is 70.8 cm³/mol. The van der Waals surface area contributed by atoms with Crippen molar-refractivity contribution in [1.29, 1.82) is 0 Å². The number of fused-ring (bicyclic) bond motifs is 1. The van der Waals surface area contributed by atoms with Crippen LogP contribution in [0.25, 0.3) is 5.69 Å². The van der Waals surface area contributed by atoms with E-state index >= 15 is 0 Å². The van der Waals surface area contributed by atoms with Crippen LogP contribution in [-0.4, -0.2) is 16.8 Å². The molecule has 0 fully saturated rings. The van der Waals surface area contributed by atoms with Gasteiger partial charge in [-0.15, -0.1) is 20.1 Å². The highest BCUT2D eigenvalue weighted by Crippen LogP contribution is 2.41. The Morgan fingerprint density at radius 2 is 2.05 bits per heavy atom. The van der Waals surface area contributed by atoms with Crippen molar-refractivity contribution < 1.29 is 23.0 Å². The number of aromatic nitrogens is 1. The number of ether oxygens (including phenoxy) is 2. The molecule has 0 unspecified atom stereocenters. The number of carbonyl (C=O) groups is 1. The number of benzene rings is 1. The Labute approximate surface area is 122 Å². The van der Waals surface area contributed by atoms with E-state index in [0.29, 0.717) is 10.5 Å². The fourth-order valence-corrected chi connectivity index (χ4v) is 2.82. The predicted octanol–water partition coefficient (Wildman–Crippen LogP) is 2.62. The van der Waals surface area contributed by atoms with Gasteiger partial charge in [-0.25, -0.2) is 0 Å². The molecular weight excluding hydrogens is 302 g/mol. The molecular formula is C13H10F2N2O3S. The van der Waals surface area contributed by atoms with Crippen LogP contribution in [0.5, 0.6) is 11.5 Å². The minimum atomic E-state index is -3.65. The van der Waals surface area contributed by atoms with E-state index in [1.54, 1.807) is 16.8 Å². The Morgan fingerprint density at radius 3 is 2.76 bits per heavy atom. The number of nitrogens with zero attached hydrogens (tertiary/aromatic N) is 2. The molecule has 0 saturated carbocycles. The second-order valence-corrected chi connectivity index (χ2v) is 5.64. The van der Waals surface area contributed by atoms with Gasteiger partial charge < -0.3 is 9.47 Å². The minimum absolute atomic E-state index is 0.0265. The SMILES string of the molecule is CC(=O)N=c1sc(C)cn1-c1ccc2c(c1)OC(F)(F)O2. The van der Waals surface area contributed by atoms with Crippen molar-refractivity contribution in [2.24, 2.45) is 4.99 Å². The van der Waals surface area contributed by atoms with Gasteiger partial charge >= 0.3 is 6.29 Å². The van der Waals surface area contributed by atoms with Crippen molar-refractivity contribution in [3.8, 4) is 17.2 Å². The molecule has 2 aromatic rings. The molecule has 1 aliphatic rings. The lowest BCUT2D eigenvalue weighted by atomic mass is 10.3. The summed E-state index contributed by atoms with van der Waals surface area (Å²) in [5.41, 5.74) is 0.555. The molecule has 110 valence electrons. The van der Waals surface area contributed by atoms with Crippen LogP contribution in [-0.2, 0) is 4.79 Å². The molecule has 0 saturated heterocycles. The molecule has 1 aliphatic heterocycles. The lowest BCUT2D eigenvalue weighted by Crippen LogP contribution is -2.25. The van der Waals surface area contributed by atoms with E-state index in [1.807, 2.05) is 6.92 Å². The number of amides is 1. The largest absolute Gasteiger partial charge is 0.586 e. The maximum absolute atomic E-state index is 13.0. The number of carbonyl (C=O) groups excluding carboxylic acids is 1. The van der Waals surface area contributed by atoms with Gasteiger partial charge in [-0.2, -0.15) is 4.99 Å². The highest BCUT2D eigenvalue weighted by molar-refractivity contribution is 7.09. The molecule has 2 heterocycles. The standard InChI is InChI=1S/C13H10F2N2O3S/c1-7-6-17(12(21-7)16-8(2)18)9-3-4-10-11(5-9)20-13(14,15)19-10/h3-6H,1-2H3. The average Bonchev–Trinajstić information content (AvgIpc) is 2.85. The summed E-state index contributed by atoms with van der Waals surface area (Å²) in [6.45, 7) is 3.21. The summed E-state index contributed by atoms with van der Waals surface area (Å²) in [5.74, 6) is -0.415. The zero-order chi connectivity index (χ0) is 15.2. The summed E-state index contributed by atoms with van der Waals surface area (Å²) in [5, 5.41) is 0. The molecule has 5 nitrogen and oxygen atoms in total. The Balaban J connectivity index is 2.10. The molecule has 0 N–H and O–H groups in total. The third kappa shape index (κ3) is 2.66. The molecule has 1 aromatic heterocycles. The highest BCUT2D eigenvalue weighted by atomic mass is 32.1. The fraction of sp³-hybridized carbons (Fsp3) is 0.231. The first-order valence-corrected chi connectivity index (χ1v) is 6.80. The third-order valence-corrected chi connectivity index (χ3v) is 3.58. The number of halogens is 2. The molecule has 1 amide bonds. The maximum Gasteiger partial charge on any atom is 0.586 e. The van der Waals surface area contributed by atoms with Gasteiger partial charge in [0.15, 0.2) is 16.3 Å². The summed E-state index contributed by atoms with van der Waals surface area (Å²) in [6.07, 6.45) is -1.88. The smallest absolute Gasteiger partial charge is 0.395 e. The van der Waals surface area contributed by atoms with Gasteiger partial charge in [-0.05, 0) is 19.1 Å². The van der Waals surface area contributed by atoms with Crippen LogP contribution in [0.2, 0.25) is 0 Å². The molecule has 1 aromatic carbocycles. The van der Waals surface area contributed by atoms with E-state index in [2.05, 4.69) is 14.5 Å². The van der Waals surface area contributed by atoms with E-state index in [9.17, 15) is 13.6 Å². The zero-order valence-corrected chi connectivity index (χ0v) is 11.9. The van der Waals surface area contributed by atoms with Gasteiger partial charge in [0, 0.05) is 24.1 Å². The van der Waals surface area contributed by atoms with Crippen molar-refractivity contribution in [3.05, 3.63) is 34.1 Å². The van der Waals surface area contributed by atoms with Crippen LogP contribution < -0.4 is 14.3 Å². The van der Waals surface area contributed by atoms with Crippen molar-refractivity contribution >= 4 is 17.2 Å². The van der Waals surface area contributed by atoms with Gasteiger partial charge in [-0.3, -0.25) is 9.36 Å². The Bertz CT molecular complexity index is 795. The Morgan fingerprint density at radius 1 is 1.33 bits per heavy atom. The van der Waals surface area contributed by atoms with E-state index in [0.717, 1.165) is 4.88 Å². The molecule has 0 aliphatic carbocycles. The van der Waals surface area contributed by atoms with Crippen LogP contribution in [0, 0.1) is 6.92 Å². The Hall–Kier alpha value is -2.22. The van der Waals surface area contributed by atoms with Gasteiger partial charge in [-0.1, -0.05) is 0 Å². The van der Waals surface area contributed by atoms with Crippen molar-refractivity contribution in [2.45, 2.75) is 20.1 Å². The lowest BCUT2D eigenvalue weighted by molar-refractivity contribution is -0.286. The minimum Gasteiger partial charge on any atom is -0.395 e. The summed E-state index contributed by atoms with van der Waals surface area (Å²) in [6, 6.07) is 4.40. The fourth-order valence-electron chi connectivity index (χ4n) is 1.94. The molecule has 0 atom stereocenters. The van der Waals surface area contributed by atoms with Gasteiger partial charge in [0.25, 0.3) is 0 Å². The quantitative estimate of drug-likeness (QED) is 0.813. The molecule has 0 radical (unpaired) electrons. The molecule has 3 rings (SSSR count). The normalized spacial score (nSPS) is 16.3. The van der Waals surface area contributed by atoms with E-state index in [-0.39, 0.29) is 17.4 Å². The average molecular weight is 312 g/mol. The summed E-state index contributed by atoms with van der Waals surface area (Å²) >= 11 is 1.33. The maximum atomic E-state index is 13.0. The topological polar surface area (TPSA) is 52.8 Å². The van der Waals surface area contributed by atoms with Gasteiger partial charge in [0.05, 0.1) is 5.69 Å². The van der Waals surface area contributed by atoms with E-state index in [4.69, 9.17) is 0 Å². The molecule has 21 heavy (non-hydrogen) atoms. The first kappa shape index (κ1) is 13.7. The van der Waals surface area contributed by atoms with Crippen molar-refractivity contribution in [1.82, 2.24) is 4.57 Å². The van der Waals surface area contributed by atoms with Gasteiger partial charge in [0.1, 0.15) is 0 Å². The summed E-state index contributed by atoms with van der Waals surface area (Å²) < 4.78 is 36.4. The second kappa shape index (κ2) is 4.66. The number of hydrogen-bond acceptors (Lipinski definition) is 4. The first-order valence-electron chi connectivity index (χ1n) is 5.99. The lowest BCUT2D eigenvalue weighted by Gasteiger charge is -2.04.